The van der Waals surface area contributed by atoms with Gasteiger partial charge in [0.1, 0.15) is 17.5 Å². The Balaban J connectivity index is 1.62. The molecule has 0 aliphatic carbocycles. The van der Waals surface area contributed by atoms with E-state index in [1.165, 1.54) is 6.33 Å². The number of benzene rings is 2. The van der Waals surface area contributed by atoms with Gasteiger partial charge in [0.2, 0.25) is 0 Å². The Morgan fingerprint density at radius 1 is 1.04 bits per heavy atom. The summed E-state index contributed by atoms with van der Waals surface area (Å²) in [7, 11) is 1.88. The molecule has 0 radical (unpaired) electrons. The number of nitrogens with zero attached hydrogens (tertiary/aromatic N) is 4. The highest BCUT2D eigenvalue weighted by Gasteiger charge is 2.12. The van der Waals surface area contributed by atoms with E-state index in [1.807, 2.05) is 35.9 Å². The zero-order chi connectivity index (χ0) is 18.1. The maximum absolute atomic E-state index is 12.4. The number of anilines is 2. The molecule has 0 unspecified atom stereocenters. The van der Waals surface area contributed by atoms with Crippen LogP contribution < -0.4 is 11.1 Å². The van der Waals surface area contributed by atoms with Crippen LogP contribution in [-0.2, 0) is 7.05 Å². The molecule has 0 fully saturated rings. The molecule has 0 spiro atoms. The Morgan fingerprint density at radius 2 is 1.81 bits per heavy atom. The van der Waals surface area contributed by atoms with E-state index >= 15 is 0 Å². The number of aromatic nitrogens is 4. The molecule has 4 aromatic rings. The molecule has 0 saturated heterocycles. The SMILES string of the molecule is Cn1cnc2c(-c3ccc(C(=O)Nc4ccccc4N)cc3)ncnc21. The smallest absolute Gasteiger partial charge is 0.255 e. The van der Waals surface area contributed by atoms with Crippen LogP contribution in [0.4, 0.5) is 11.4 Å². The highest BCUT2D eigenvalue weighted by atomic mass is 16.1. The maximum atomic E-state index is 12.4. The minimum atomic E-state index is -0.222. The highest BCUT2D eigenvalue weighted by molar-refractivity contribution is 6.06. The van der Waals surface area contributed by atoms with E-state index in [2.05, 4.69) is 20.3 Å². The van der Waals surface area contributed by atoms with Crippen LogP contribution in [0.1, 0.15) is 10.4 Å². The second kappa shape index (κ2) is 6.29. The van der Waals surface area contributed by atoms with Crippen LogP contribution in [0.5, 0.6) is 0 Å². The lowest BCUT2D eigenvalue weighted by Gasteiger charge is -2.08. The van der Waals surface area contributed by atoms with Gasteiger partial charge >= 0.3 is 0 Å². The molecule has 2 heterocycles. The number of rotatable bonds is 3. The third kappa shape index (κ3) is 2.75. The number of nitrogens with two attached hydrogens (primary N) is 1. The molecule has 0 aliphatic rings. The molecule has 2 aromatic carbocycles. The van der Waals surface area contributed by atoms with E-state index in [4.69, 9.17) is 5.73 Å². The lowest BCUT2D eigenvalue weighted by Crippen LogP contribution is -2.13. The largest absolute Gasteiger partial charge is 0.397 e. The second-order valence-electron chi connectivity index (χ2n) is 5.87. The number of carbonyl (C=O) groups is 1. The third-order valence-corrected chi connectivity index (χ3v) is 4.13. The van der Waals surface area contributed by atoms with Crippen molar-refractivity contribution in [3.8, 4) is 11.3 Å². The molecule has 2 aromatic heterocycles. The number of para-hydroxylation sites is 2. The van der Waals surface area contributed by atoms with Crippen molar-refractivity contribution in [1.82, 2.24) is 19.5 Å². The van der Waals surface area contributed by atoms with Crippen LogP contribution in [0.15, 0.2) is 61.2 Å². The number of amides is 1. The fraction of sp³-hybridized carbons (Fsp3) is 0.0526. The van der Waals surface area contributed by atoms with Crippen molar-refractivity contribution < 1.29 is 4.79 Å². The number of imidazole rings is 1. The van der Waals surface area contributed by atoms with Crippen molar-refractivity contribution in [3.63, 3.8) is 0 Å². The van der Waals surface area contributed by atoms with Crippen LogP contribution in [-0.4, -0.2) is 25.4 Å². The molecule has 0 saturated carbocycles. The number of carbonyl (C=O) groups excluding carboxylic acids is 1. The van der Waals surface area contributed by atoms with Crippen molar-refractivity contribution in [2.45, 2.75) is 0 Å². The molecule has 7 heteroatoms. The Labute approximate surface area is 149 Å². The fourth-order valence-corrected chi connectivity index (χ4v) is 2.74. The molecule has 0 bridgehead atoms. The first-order valence-electron chi connectivity index (χ1n) is 8.02. The Kier molecular flexibility index (Phi) is 3.81. The van der Waals surface area contributed by atoms with Crippen LogP contribution >= 0.6 is 0 Å². The highest BCUT2D eigenvalue weighted by Crippen LogP contribution is 2.24. The van der Waals surface area contributed by atoms with Gasteiger partial charge in [-0.3, -0.25) is 4.79 Å². The summed E-state index contributed by atoms with van der Waals surface area (Å²) in [5.74, 6) is -0.222. The van der Waals surface area contributed by atoms with Gasteiger partial charge in [-0.25, -0.2) is 15.0 Å². The van der Waals surface area contributed by atoms with Crippen molar-refractivity contribution in [2.24, 2.45) is 7.05 Å². The van der Waals surface area contributed by atoms with Crippen molar-refractivity contribution in [2.75, 3.05) is 11.1 Å². The van der Waals surface area contributed by atoms with Crippen LogP contribution in [0, 0.1) is 0 Å². The van der Waals surface area contributed by atoms with Gasteiger partial charge in [0.05, 0.1) is 17.7 Å². The minimum absolute atomic E-state index is 0.222. The normalized spacial score (nSPS) is 10.8. The van der Waals surface area contributed by atoms with Gasteiger partial charge in [-0.2, -0.15) is 0 Å². The Hall–Kier alpha value is -3.74. The number of nitrogen functional groups attached to an aromatic ring is 1. The molecule has 26 heavy (non-hydrogen) atoms. The molecule has 7 nitrogen and oxygen atoms in total. The maximum Gasteiger partial charge on any atom is 0.255 e. The van der Waals surface area contributed by atoms with Gasteiger partial charge in [0.25, 0.3) is 5.91 Å². The predicted molar refractivity (Wildman–Crippen MR) is 101 cm³/mol. The Morgan fingerprint density at radius 3 is 2.58 bits per heavy atom. The number of aryl methyl sites for hydroxylation is 1. The molecule has 4 rings (SSSR count). The van der Waals surface area contributed by atoms with Crippen molar-refractivity contribution in [3.05, 3.63) is 66.7 Å². The van der Waals surface area contributed by atoms with Crippen molar-refractivity contribution >= 4 is 28.4 Å². The number of hydrogen-bond acceptors (Lipinski definition) is 5. The number of nitrogens with one attached hydrogen (secondary N) is 1. The minimum Gasteiger partial charge on any atom is -0.397 e. The predicted octanol–water partition coefficient (Wildman–Crippen LogP) is 2.86. The summed E-state index contributed by atoms with van der Waals surface area (Å²) in [6, 6.07) is 14.3. The average Bonchev–Trinajstić information content (AvgIpc) is 3.05. The van der Waals surface area contributed by atoms with Gasteiger partial charge in [-0.1, -0.05) is 24.3 Å². The summed E-state index contributed by atoms with van der Waals surface area (Å²) < 4.78 is 1.84. The van der Waals surface area contributed by atoms with E-state index in [1.54, 1.807) is 30.6 Å². The monoisotopic (exact) mass is 344 g/mol. The van der Waals surface area contributed by atoms with Gasteiger partial charge in [-0.05, 0) is 24.3 Å². The second-order valence-corrected chi connectivity index (χ2v) is 5.87. The summed E-state index contributed by atoms with van der Waals surface area (Å²) >= 11 is 0. The molecule has 128 valence electrons. The van der Waals surface area contributed by atoms with E-state index in [9.17, 15) is 4.79 Å². The molecule has 1 amide bonds. The quantitative estimate of drug-likeness (QED) is 0.557. The lowest BCUT2D eigenvalue weighted by atomic mass is 10.1. The van der Waals surface area contributed by atoms with E-state index in [0.29, 0.717) is 16.9 Å². The number of hydrogen-bond donors (Lipinski definition) is 2. The van der Waals surface area contributed by atoms with E-state index < -0.39 is 0 Å². The van der Waals surface area contributed by atoms with Gasteiger partial charge in [0, 0.05) is 18.2 Å². The zero-order valence-electron chi connectivity index (χ0n) is 14.0. The topological polar surface area (TPSA) is 98.7 Å². The lowest BCUT2D eigenvalue weighted by molar-refractivity contribution is 0.102. The van der Waals surface area contributed by atoms with Crippen molar-refractivity contribution in [1.29, 1.82) is 0 Å². The molecule has 0 aliphatic heterocycles. The van der Waals surface area contributed by atoms with Gasteiger partial charge in [0.15, 0.2) is 5.65 Å². The van der Waals surface area contributed by atoms with Crippen LogP contribution in [0.3, 0.4) is 0 Å². The van der Waals surface area contributed by atoms with Gasteiger partial charge in [-0.15, -0.1) is 0 Å². The Bertz CT molecular complexity index is 1100. The van der Waals surface area contributed by atoms with E-state index in [0.717, 1.165) is 22.4 Å². The summed E-state index contributed by atoms with van der Waals surface area (Å²) in [4.78, 5) is 25.4. The zero-order valence-corrected chi connectivity index (χ0v) is 14.0. The van der Waals surface area contributed by atoms with E-state index in [-0.39, 0.29) is 5.91 Å². The first-order valence-corrected chi connectivity index (χ1v) is 8.02. The molecular formula is C19H16N6O. The molecule has 3 N–H and O–H groups in total. The summed E-state index contributed by atoms with van der Waals surface area (Å²) in [5, 5.41) is 2.81. The first kappa shape index (κ1) is 15.8. The fourth-order valence-electron chi connectivity index (χ4n) is 2.74. The molecule has 0 atom stereocenters. The third-order valence-electron chi connectivity index (χ3n) is 4.13. The summed E-state index contributed by atoms with van der Waals surface area (Å²) in [6.07, 6.45) is 3.22. The standard InChI is InChI=1S/C19H16N6O/c1-25-11-23-17-16(21-10-22-18(17)25)12-6-8-13(9-7-12)19(26)24-15-5-3-2-4-14(15)20/h2-11H,20H2,1H3,(H,24,26). The summed E-state index contributed by atoms with van der Waals surface area (Å²) in [6.45, 7) is 0. The molecular weight excluding hydrogens is 328 g/mol. The van der Waals surface area contributed by atoms with Crippen LogP contribution in [0.2, 0.25) is 0 Å². The van der Waals surface area contributed by atoms with Gasteiger partial charge < -0.3 is 15.6 Å². The summed E-state index contributed by atoms with van der Waals surface area (Å²) in [5.41, 5.74) is 10.6. The average molecular weight is 344 g/mol. The number of fused-ring (bicyclic) bond motifs is 1. The van der Waals surface area contributed by atoms with Crippen LogP contribution in [0.25, 0.3) is 22.4 Å². The first-order chi connectivity index (χ1) is 12.6.